The van der Waals surface area contributed by atoms with Crippen molar-refractivity contribution in [1.29, 1.82) is 0 Å². The topological polar surface area (TPSA) is 132 Å². The van der Waals surface area contributed by atoms with E-state index in [-0.39, 0.29) is 59.4 Å². The van der Waals surface area contributed by atoms with Gasteiger partial charge in [0.25, 0.3) is 0 Å². The predicted octanol–water partition coefficient (Wildman–Crippen LogP) is 6.00. The van der Waals surface area contributed by atoms with Gasteiger partial charge in [0.1, 0.15) is 0 Å². The fraction of sp³-hybridized carbons (Fsp3) is 0.564. The number of nitrogens with one attached hydrogen (secondary N) is 1. The number of ketones is 4. The second-order valence-corrected chi connectivity index (χ2v) is 17.3. The predicted molar refractivity (Wildman–Crippen MR) is 183 cm³/mol. The van der Waals surface area contributed by atoms with Crippen LogP contribution >= 0.6 is 0 Å². The van der Waals surface area contributed by atoms with Gasteiger partial charge in [-0.2, -0.15) is 0 Å². The lowest BCUT2D eigenvalue weighted by molar-refractivity contribution is -0.144. The number of amides is 1. The summed E-state index contributed by atoms with van der Waals surface area (Å²) in [5.41, 5.74) is 1.06. The number of carbonyl (C=O) groups is 5. The molecule has 4 saturated carbocycles. The molecule has 6 rings (SSSR count). The van der Waals surface area contributed by atoms with Crippen molar-refractivity contribution in [3.8, 4) is 0 Å². The summed E-state index contributed by atoms with van der Waals surface area (Å²) < 4.78 is 23.5. The van der Waals surface area contributed by atoms with Crippen LogP contribution in [0.25, 0.3) is 0 Å². The molecule has 4 bridgehead atoms. The van der Waals surface area contributed by atoms with E-state index in [0.29, 0.717) is 23.3 Å². The van der Waals surface area contributed by atoms with Crippen molar-refractivity contribution in [1.82, 2.24) is 5.32 Å². The number of sulfone groups is 1. The van der Waals surface area contributed by atoms with Gasteiger partial charge in [-0.25, -0.2) is 8.42 Å². The zero-order valence-electron chi connectivity index (χ0n) is 28.6. The Morgan fingerprint density at radius 3 is 1.90 bits per heavy atom. The molecule has 258 valence electrons. The molecule has 0 aromatic heterocycles. The molecule has 0 heterocycles. The van der Waals surface area contributed by atoms with Crippen molar-refractivity contribution in [2.45, 2.75) is 95.9 Å². The van der Waals surface area contributed by atoms with Crippen LogP contribution in [0.1, 0.15) is 94.5 Å². The standard InChI is InChI=1S/C39H49NO7S/c1-24(2)32(37(44)34(41)15-12-26-10-13-31(14-11-26)48(4,46)47)19-35(42)25(3)40-38(45)33(20-36(43)30-8-6-5-7-9-30)39-21-27-16-28(22-39)18-29(17-27)23-39/h5-11,13-14,24-25,27-29,32-33H,12,15-23H2,1-4H3,(H,40,45)/t25-,27?,28?,29?,32-,33+,39?/m0/s1. The summed E-state index contributed by atoms with van der Waals surface area (Å²) in [6.07, 6.45) is 7.70. The van der Waals surface area contributed by atoms with Gasteiger partial charge in [-0.3, -0.25) is 24.0 Å². The Morgan fingerprint density at radius 2 is 1.38 bits per heavy atom. The summed E-state index contributed by atoms with van der Waals surface area (Å²) in [6, 6.07) is 14.4. The highest BCUT2D eigenvalue weighted by molar-refractivity contribution is 7.90. The quantitative estimate of drug-likeness (QED) is 0.171. The maximum absolute atomic E-state index is 14.1. The lowest BCUT2D eigenvalue weighted by Crippen LogP contribution is -2.55. The Balaban J connectivity index is 1.23. The molecule has 0 saturated heterocycles. The lowest BCUT2D eigenvalue weighted by Gasteiger charge is -2.59. The Morgan fingerprint density at radius 1 is 0.812 bits per heavy atom. The molecular formula is C39H49NO7S. The molecule has 4 fully saturated rings. The zero-order valence-corrected chi connectivity index (χ0v) is 29.4. The molecule has 0 aliphatic heterocycles. The van der Waals surface area contributed by atoms with Gasteiger partial charge in [0, 0.05) is 37.0 Å². The van der Waals surface area contributed by atoms with Crippen LogP contribution < -0.4 is 5.32 Å². The second kappa shape index (κ2) is 14.6. The van der Waals surface area contributed by atoms with Gasteiger partial charge >= 0.3 is 0 Å². The minimum Gasteiger partial charge on any atom is -0.346 e. The van der Waals surface area contributed by atoms with E-state index >= 15 is 0 Å². The number of hydrogen-bond donors (Lipinski definition) is 1. The van der Waals surface area contributed by atoms with Crippen LogP contribution in [0.3, 0.4) is 0 Å². The molecule has 3 atom stereocenters. The first kappa shape index (κ1) is 35.8. The highest BCUT2D eigenvalue weighted by Gasteiger charge is 2.56. The summed E-state index contributed by atoms with van der Waals surface area (Å²) in [5.74, 6) is -1.73. The molecule has 1 N–H and O–H groups in total. The molecule has 9 heteroatoms. The van der Waals surface area contributed by atoms with Crippen molar-refractivity contribution in [2.24, 2.45) is 40.9 Å². The minimum atomic E-state index is -3.34. The average Bonchev–Trinajstić information content (AvgIpc) is 3.03. The maximum Gasteiger partial charge on any atom is 0.224 e. The third-order valence-electron chi connectivity index (χ3n) is 11.3. The largest absolute Gasteiger partial charge is 0.346 e. The molecule has 0 radical (unpaired) electrons. The molecule has 8 nitrogen and oxygen atoms in total. The van der Waals surface area contributed by atoms with Crippen molar-refractivity contribution < 1.29 is 32.4 Å². The monoisotopic (exact) mass is 675 g/mol. The number of rotatable bonds is 16. The van der Waals surface area contributed by atoms with Gasteiger partial charge in [-0.05, 0) is 98.7 Å². The Bertz CT molecular complexity index is 1610. The SMILES string of the molecule is CC(C)[C@H](CC(=O)[C@H](C)NC(=O)[C@@H](CC(=O)c1ccccc1)C12CC3CC(CC(C3)C1)C2)C(=O)C(=O)CCc1ccc(S(C)(=O)=O)cc1. The highest BCUT2D eigenvalue weighted by atomic mass is 32.2. The molecular weight excluding hydrogens is 626 g/mol. The van der Waals surface area contributed by atoms with E-state index < -0.39 is 39.3 Å². The number of carbonyl (C=O) groups excluding carboxylic acids is 5. The van der Waals surface area contributed by atoms with E-state index in [1.807, 2.05) is 18.2 Å². The minimum absolute atomic E-state index is 0.0526. The van der Waals surface area contributed by atoms with E-state index in [1.165, 1.54) is 31.4 Å². The lowest BCUT2D eigenvalue weighted by atomic mass is 9.46. The van der Waals surface area contributed by atoms with Crippen molar-refractivity contribution in [2.75, 3.05) is 6.26 Å². The third-order valence-corrected chi connectivity index (χ3v) is 12.4. The van der Waals surface area contributed by atoms with Crippen molar-refractivity contribution in [3.63, 3.8) is 0 Å². The fourth-order valence-electron chi connectivity index (χ4n) is 9.03. The van der Waals surface area contributed by atoms with E-state index in [9.17, 15) is 32.4 Å². The molecule has 2 aromatic carbocycles. The number of hydrogen-bond acceptors (Lipinski definition) is 7. The maximum atomic E-state index is 14.1. The van der Waals surface area contributed by atoms with E-state index in [4.69, 9.17) is 0 Å². The molecule has 0 spiro atoms. The number of Topliss-reactive ketones (excluding diaryl/α,β-unsaturated/α-hetero) is 4. The Hall–Kier alpha value is -3.46. The van der Waals surface area contributed by atoms with Crippen LogP contribution in [0.2, 0.25) is 0 Å². The van der Waals surface area contributed by atoms with Gasteiger partial charge in [0.15, 0.2) is 27.2 Å². The van der Waals surface area contributed by atoms with Crippen molar-refractivity contribution in [3.05, 3.63) is 65.7 Å². The van der Waals surface area contributed by atoms with Gasteiger partial charge in [-0.15, -0.1) is 0 Å². The zero-order chi connectivity index (χ0) is 34.8. The first-order valence-electron chi connectivity index (χ1n) is 17.4. The van der Waals surface area contributed by atoms with Crippen LogP contribution in [0, 0.1) is 40.9 Å². The molecule has 4 aliphatic carbocycles. The first-order valence-corrected chi connectivity index (χ1v) is 19.3. The molecule has 4 aliphatic rings. The van der Waals surface area contributed by atoms with E-state index in [0.717, 1.165) is 31.1 Å². The van der Waals surface area contributed by atoms with E-state index in [2.05, 4.69) is 5.32 Å². The van der Waals surface area contributed by atoms with Gasteiger partial charge in [0.05, 0.1) is 16.9 Å². The van der Waals surface area contributed by atoms with Crippen LogP contribution in [0.4, 0.5) is 0 Å². The van der Waals surface area contributed by atoms with Gasteiger partial charge < -0.3 is 5.32 Å². The van der Waals surface area contributed by atoms with Crippen LogP contribution in [-0.4, -0.2) is 49.8 Å². The fourth-order valence-corrected chi connectivity index (χ4v) is 9.66. The summed E-state index contributed by atoms with van der Waals surface area (Å²) in [7, 11) is -3.34. The Labute approximate surface area is 284 Å². The first-order chi connectivity index (χ1) is 22.6. The summed E-state index contributed by atoms with van der Waals surface area (Å²) in [6.45, 7) is 5.23. The summed E-state index contributed by atoms with van der Waals surface area (Å²) in [4.78, 5) is 67.6. The molecule has 0 unspecified atom stereocenters. The van der Waals surface area contributed by atoms with Crippen LogP contribution in [0.15, 0.2) is 59.5 Å². The number of benzene rings is 2. The smallest absolute Gasteiger partial charge is 0.224 e. The van der Waals surface area contributed by atoms with Gasteiger partial charge in [-0.1, -0.05) is 56.3 Å². The summed E-state index contributed by atoms with van der Waals surface area (Å²) in [5, 5.41) is 2.96. The van der Waals surface area contributed by atoms with Crippen molar-refractivity contribution >= 4 is 38.9 Å². The summed E-state index contributed by atoms with van der Waals surface area (Å²) >= 11 is 0. The van der Waals surface area contributed by atoms with Crippen LogP contribution in [-0.2, 0) is 35.4 Å². The average molecular weight is 676 g/mol. The molecule has 2 aromatic rings. The number of aryl methyl sites for hydroxylation is 1. The second-order valence-electron chi connectivity index (χ2n) is 15.3. The molecule has 1 amide bonds. The van der Waals surface area contributed by atoms with E-state index in [1.54, 1.807) is 45.0 Å². The highest BCUT2D eigenvalue weighted by Crippen LogP contribution is 2.63. The van der Waals surface area contributed by atoms with Crippen LogP contribution in [0.5, 0.6) is 0 Å². The Kier molecular flexibility index (Phi) is 10.9. The van der Waals surface area contributed by atoms with Gasteiger partial charge in [0.2, 0.25) is 11.7 Å². The normalized spacial score (nSPS) is 24.9. The molecule has 48 heavy (non-hydrogen) atoms. The third kappa shape index (κ3) is 8.21.